The van der Waals surface area contributed by atoms with E-state index in [4.69, 9.17) is 11.5 Å². The van der Waals surface area contributed by atoms with E-state index in [-0.39, 0.29) is 0 Å². The average molecular weight is 260 g/mol. The van der Waals surface area contributed by atoms with Crippen molar-refractivity contribution in [3.63, 3.8) is 0 Å². The summed E-state index contributed by atoms with van der Waals surface area (Å²) in [5, 5.41) is 0. The zero-order valence-corrected chi connectivity index (χ0v) is 11.1. The third-order valence-corrected chi connectivity index (χ3v) is 3.35. The Morgan fingerprint density at radius 2 is 1.15 bits per heavy atom. The standard InChI is InChI=1S/C18H16N2/c19-15-10-8-13(9-11-15)17-6-1-2-7-18(17)14-4-3-5-16(20)12-14/h1-12H,19-20H2. The molecule has 3 aromatic carbocycles. The Kier molecular flexibility index (Phi) is 3.13. The molecule has 3 rings (SSSR count). The number of rotatable bonds is 2. The number of hydrogen-bond donors (Lipinski definition) is 2. The Hall–Kier alpha value is -2.74. The number of hydrogen-bond acceptors (Lipinski definition) is 2. The topological polar surface area (TPSA) is 52.0 Å². The van der Waals surface area contributed by atoms with E-state index < -0.39 is 0 Å². The first kappa shape index (κ1) is 12.3. The van der Waals surface area contributed by atoms with Crippen molar-refractivity contribution >= 4 is 11.4 Å². The highest BCUT2D eigenvalue weighted by Crippen LogP contribution is 2.32. The lowest BCUT2D eigenvalue weighted by molar-refractivity contribution is 1.58. The van der Waals surface area contributed by atoms with Crippen LogP contribution in [-0.4, -0.2) is 0 Å². The summed E-state index contributed by atoms with van der Waals surface area (Å²) in [6, 6.07) is 24.2. The van der Waals surface area contributed by atoms with E-state index in [9.17, 15) is 0 Å². The molecule has 0 atom stereocenters. The van der Waals surface area contributed by atoms with Crippen molar-refractivity contribution in [2.75, 3.05) is 11.5 Å². The second-order valence-electron chi connectivity index (χ2n) is 4.79. The first-order valence-electron chi connectivity index (χ1n) is 6.55. The monoisotopic (exact) mass is 260 g/mol. The predicted octanol–water partition coefficient (Wildman–Crippen LogP) is 4.19. The molecule has 0 aliphatic heterocycles. The molecule has 0 saturated carbocycles. The zero-order valence-electron chi connectivity index (χ0n) is 11.1. The average Bonchev–Trinajstić information content (AvgIpc) is 2.48. The van der Waals surface area contributed by atoms with Crippen molar-refractivity contribution in [2.24, 2.45) is 0 Å². The summed E-state index contributed by atoms with van der Waals surface area (Å²) in [7, 11) is 0. The van der Waals surface area contributed by atoms with Crippen molar-refractivity contribution < 1.29 is 0 Å². The quantitative estimate of drug-likeness (QED) is 0.679. The molecule has 3 aromatic rings. The molecular weight excluding hydrogens is 244 g/mol. The summed E-state index contributed by atoms with van der Waals surface area (Å²) in [5.74, 6) is 0. The summed E-state index contributed by atoms with van der Waals surface area (Å²) in [6.07, 6.45) is 0. The maximum absolute atomic E-state index is 5.89. The molecule has 0 aromatic heterocycles. The molecule has 4 N–H and O–H groups in total. The van der Waals surface area contributed by atoms with Gasteiger partial charge in [-0.3, -0.25) is 0 Å². The molecule has 0 bridgehead atoms. The first-order valence-corrected chi connectivity index (χ1v) is 6.55. The highest BCUT2D eigenvalue weighted by molar-refractivity contribution is 5.84. The molecule has 0 aliphatic carbocycles. The van der Waals surface area contributed by atoms with E-state index in [1.54, 1.807) is 0 Å². The van der Waals surface area contributed by atoms with Crippen molar-refractivity contribution in [1.82, 2.24) is 0 Å². The third-order valence-electron chi connectivity index (χ3n) is 3.35. The lowest BCUT2D eigenvalue weighted by atomic mass is 9.94. The number of nitrogen functional groups attached to an aromatic ring is 2. The lowest BCUT2D eigenvalue weighted by Crippen LogP contribution is -1.89. The summed E-state index contributed by atoms with van der Waals surface area (Å²) >= 11 is 0. The normalized spacial score (nSPS) is 10.4. The van der Waals surface area contributed by atoms with E-state index in [1.807, 2.05) is 54.6 Å². The Morgan fingerprint density at radius 1 is 0.500 bits per heavy atom. The van der Waals surface area contributed by atoms with Crippen LogP contribution in [0.4, 0.5) is 11.4 Å². The molecule has 0 saturated heterocycles. The van der Waals surface area contributed by atoms with Gasteiger partial charge >= 0.3 is 0 Å². The third kappa shape index (κ3) is 2.36. The molecule has 0 spiro atoms. The van der Waals surface area contributed by atoms with Crippen LogP contribution < -0.4 is 11.5 Å². The summed E-state index contributed by atoms with van der Waals surface area (Å²) in [4.78, 5) is 0. The fraction of sp³-hybridized carbons (Fsp3) is 0. The molecule has 0 unspecified atom stereocenters. The minimum Gasteiger partial charge on any atom is -0.399 e. The molecule has 0 aliphatic rings. The van der Waals surface area contributed by atoms with E-state index in [0.717, 1.165) is 22.5 Å². The largest absolute Gasteiger partial charge is 0.399 e. The highest BCUT2D eigenvalue weighted by atomic mass is 14.5. The Bertz CT molecular complexity index is 730. The fourth-order valence-corrected chi connectivity index (χ4v) is 2.36. The predicted molar refractivity (Wildman–Crippen MR) is 86.1 cm³/mol. The number of anilines is 2. The zero-order chi connectivity index (χ0) is 13.9. The van der Waals surface area contributed by atoms with Crippen LogP contribution in [0, 0.1) is 0 Å². The van der Waals surface area contributed by atoms with Gasteiger partial charge in [-0.2, -0.15) is 0 Å². The van der Waals surface area contributed by atoms with Gasteiger partial charge in [0.25, 0.3) is 0 Å². The van der Waals surface area contributed by atoms with E-state index in [1.165, 1.54) is 11.1 Å². The lowest BCUT2D eigenvalue weighted by Gasteiger charge is -2.11. The van der Waals surface area contributed by atoms with Crippen LogP contribution in [0.15, 0.2) is 72.8 Å². The van der Waals surface area contributed by atoms with Gasteiger partial charge in [0.1, 0.15) is 0 Å². The van der Waals surface area contributed by atoms with Crippen LogP contribution in [-0.2, 0) is 0 Å². The van der Waals surface area contributed by atoms with Crippen molar-refractivity contribution in [2.45, 2.75) is 0 Å². The molecule has 0 radical (unpaired) electrons. The number of nitrogens with two attached hydrogens (primary N) is 2. The molecule has 0 fully saturated rings. The van der Waals surface area contributed by atoms with Gasteiger partial charge in [0, 0.05) is 11.4 Å². The van der Waals surface area contributed by atoms with Gasteiger partial charge in [-0.15, -0.1) is 0 Å². The Morgan fingerprint density at radius 3 is 1.80 bits per heavy atom. The van der Waals surface area contributed by atoms with Crippen LogP contribution in [0.3, 0.4) is 0 Å². The SMILES string of the molecule is Nc1ccc(-c2ccccc2-c2cccc(N)c2)cc1. The smallest absolute Gasteiger partial charge is 0.0320 e. The maximum Gasteiger partial charge on any atom is 0.0320 e. The van der Waals surface area contributed by atoms with Crippen molar-refractivity contribution in [1.29, 1.82) is 0 Å². The second kappa shape index (κ2) is 5.10. The Balaban J connectivity index is 2.16. The van der Waals surface area contributed by atoms with Gasteiger partial charge < -0.3 is 11.5 Å². The fourth-order valence-electron chi connectivity index (χ4n) is 2.36. The minimum absolute atomic E-state index is 0.773. The molecule has 2 nitrogen and oxygen atoms in total. The van der Waals surface area contributed by atoms with Gasteiger partial charge in [0.05, 0.1) is 0 Å². The molecule has 98 valence electrons. The first-order chi connectivity index (χ1) is 9.74. The summed E-state index contributed by atoms with van der Waals surface area (Å²) in [6.45, 7) is 0. The Labute approximate surface area is 118 Å². The summed E-state index contributed by atoms with van der Waals surface area (Å²) < 4.78 is 0. The van der Waals surface area contributed by atoms with Crippen LogP contribution >= 0.6 is 0 Å². The highest BCUT2D eigenvalue weighted by Gasteiger charge is 2.06. The van der Waals surface area contributed by atoms with Crippen LogP contribution in [0.25, 0.3) is 22.3 Å². The molecule has 20 heavy (non-hydrogen) atoms. The second-order valence-corrected chi connectivity index (χ2v) is 4.79. The molecule has 0 amide bonds. The minimum atomic E-state index is 0.773. The van der Waals surface area contributed by atoms with Gasteiger partial charge in [0.15, 0.2) is 0 Å². The van der Waals surface area contributed by atoms with Gasteiger partial charge in [0.2, 0.25) is 0 Å². The number of benzene rings is 3. The van der Waals surface area contributed by atoms with E-state index in [0.29, 0.717) is 0 Å². The van der Waals surface area contributed by atoms with Crippen LogP contribution in [0.1, 0.15) is 0 Å². The molecular formula is C18H16N2. The summed E-state index contributed by atoms with van der Waals surface area (Å²) in [5.41, 5.74) is 17.8. The van der Waals surface area contributed by atoms with Crippen molar-refractivity contribution in [3.05, 3.63) is 72.8 Å². The molecule has 0 heterocycles. The van der Waals surface area contributed by atoms with Gasteiger partial charge in [-0.25, -0.2) is 0 Å². The van der Waals surface area contributed by atoms with Crippen LogP contribution in [0.2, 0.25) is 0 Å². The van der Waals surface area contributed by atoms with Crippen LogP contribution in [0.5, 0.6) is 0 Å². The maximum atomic E-state index is 5.89. The molecule has 2 heteroatoms. The van der Waals surface area contributed by atoms with E-state index in [2.05, 4.69) is 18.2 Å². The van der Waals surface area contributed by atoms with Gasteiger partial charge in [-0.1, -0.05) is 48.5 Å². The van der Waals surface area contributed by atoms with Gasteiger partial charge in [-0.05, 0) is 46.5 Å². The van der Waals surface area contributed by atoms with Crippen molar-refractivity contribution in [3.8, 4) is 22.3 Å². The van der Waals surface area contributed by atoms with E-state index >= 15 is 0 Å².